The van der Waals surface area contributed by atoms with Gasteiger partial charge in [-0.1, -0.05) is 35.3 Å². The fourth-order valence-electron chi connectivity index (χ4n) is 2.87. The molecule has 9 heteroatoms. The largest absolute Gasteiger partial charge is 0.342 e. The summed E-state index contributed by atoms with van der Waals surface area (Å²) in [5.41, 5.74) is 1.99. The molecule has 0 saturated carbocycles. The molecule has 3 heterocycles. The molecule has 0 fully saturated rings. The Labute approximate surface area is 156 Å². The maximum atomic E-state index is 11.9. The van der Waals surface area contributed by atoms with Gasteiger partial charge < -0.3 is 9.88 Å². The Morgan fingerprint density at radius 1 is 1.20 bits per heavy atom. The molecule has 0 atom stereocenters. The first-order chi connectivity index (χ1) is 12.0. The van der Waals surface area contributed by atoms with Crippen LogP contribution in [0.1, 0.15) is 11.3 Å². The van der Waals surface area contributed by atoms with Crippen molar-refractivity contribution < 1.29 is 0 Å². The second kappa shape index (κ2) is 6.33. The van der Waals surface area contributed by atoms with Crippen molar-refractivity contribution in [2.75, 3.05) is 11.4 Å². The number of rotatable bonds is 2. The average molecular weight is 395 g/mol. The molecule has 0 saturated heterocycles. The van der Waals surface area contributed by atoms with E-state index in [9.17, 15) is 9.59 Å². The lowest BCUT2D eigenvalue weighted by atomic mass is 10.1. The molecule has 0 bridgehead atoms. The van der Waals surface area contributed by atoms with E-state index >= 15 is 0 Å². The molecule has 0 aliphatic carbocycles. The first-order valence-electron chi connectivity index (χ1n) is 7.52. The number of hydrogen-bond acceptors (Lipinski definition) is 5. The molecule has 2 aromatic heterocycles. The van der Waals surface area contributed by atoms with Gasteiger partial charge in [-0.05, 0) is 12.5 Å². The molecule has 4 rings (SSSR count). The monoisotopic (exact) mass is 394 g/mol. The predicted molar refractivity (Wildman–Crippen MR) is 100 cm³/mol. The highest BCUT2D eigenvalue weighted by Gasteiger charge is 2.22. The lowest BCUT2D eigenvalue weighted by Gasteiger charge is -2.27. The van der Waals surface area contributed by atoms with E-state index in [2.05, 4.69) is 15.0 Å². The molecule has 0 unspecified atom stereocenters. The minimum Gasteiger partial charge on any atom is -0.342 e. The number of anilines is 1. The van der Waals surface area contributed by atoms with Crippen LogP contribution in [-0.2, 0) is 13.0 Å². The van der Waals surface area contributed by atoms with Crippen molar-refractivity contribution in [2.45, 2.75) is 13.0 Å². The Morgan fingerprint density at radius 3 is 2.88 bits per heavy atom. The van der Waals surface area contributed by atoms with Crippen LogP contribution in [0.4, 0.5) is 5.13 Å². The zero-order valence-electron chi connectivity index (χ0n) is 12.8. The van der Waals surface area contributed by atoms with Gasteiger partial charge in [-0.3, -0.25) is 9.78 Å². The van der Waals surface area contributed by atoms with Crippen LogP contribution >= 0.6 is 34.5 Å². The number of thiazole rings is 1. The van der Waals surface area contributed by atoms with Gasteiger partial charge in [0.05, 0.1) is 22.3 Å². The van der Waals surface area contributed by atoms with Crippen molar-refractivity contribution in [3.05, 3.63) is 65.7 Å². The summed E-state index contributed by atoms with van der Waals surface area (Å²) in [5, 5.41) is 3.68. The van der Waals surface area contributed by atoms with Crippen molar-refractivity contribution in [1.29, 1.82) is 0 Å². The lowest BCUT2D eigenvalue weighted by Crippen LogP contribution is -2.38. The normalized spacial score (nSPS) is 13.8. The topological polar surface area (TPSA) is 81.8 Å². The van der Waals surface area contributed by atoms with Crippen molar-refractivity contribution >= 4 is 39.7 Å². The molecular weight excluding hydrogens is 383 g/mol. The third-order valence-electron chi connectivity index (χ3n) is 4.10. The van der Waals surface area contributed by atoms with Crippen LogP contribution in [0.25, 0.3) is 11.3 Å². The van der Waals surface area contributed by atoms with E-state index < -0.39 is 5.69 Å². The van der Waals surface area contributed by atoms with Crippen molar-refractivity contribution in [2.24, 2.45) is 0 Å². The zero-order valence-corrected chi connectivity index (χ0v) is 15.1. The molecule has 3 aromatic rings. The molecule has 0 amide bonds. The van der Waals surface area contributed by atoms with Gasteiger partial charge in [0.25, 0.3) is 5.56 Å². The average Bonchev–Trinajstić information content (AvgIpc) is 3.06. The predicted octanol–water partition coefficient (Wildman–Crippen LogP) is 3.06. The molecule has 0 radical (unpaired) electrons. The van der Waals surface area contributed by atoms with Gasteiger partial charge >= 0.3 is 5.69 Å². The molecule has 1 aliphatic rings. The quantitative estimate of drug-likeness (QED) is 0.699. The third-order valence-corrected chi connectivity index (χ3v) is 5.82. The highest BCUT2D eigenvalue weighted by molar-refractivity contribution is 7.14. The van der Waals surface area contributed by atoms with Gasteiger partial charge in [-0.15, -0.1) is 11.3 Å². The molecule has 128 valence electrons. The number of benzene rings is 1. The van der Waals surface area contributed by atoms with E-state index in [1.165, 1.54) is 11.3 Å². The van der Waals surface area contributed by atoms with E-state index in [1.807, 2.05) is 22.4 Å². The molecule has 6 nitrogen and oxygen atoms in total. The van der Waals surface area contributed by atoms with Gasteiger partial charge in [-0.2, -0.15) is 0 Å². The summed E-state index contributed by atoms with van der Waals surface area (Å²) in [4.78, 5) is 35.0. The molecule has 2 N–H and O–H groups in total. The summed E-state index contributed by atoms with van der Waals surface area (Å²) in [6, 6.07) is 5.43. The standard InChI is InChI=1S/C16H12Cl2N4O2S/c17-10-3-1-2-8(13(10)18)12-7-25-16(20-12)22-5-4-9-11(6-22)19-15(24)21-14(9)23/h1-3,7H,4-6H2,(H2,19,21,23,24). The smallest absolute Gasteiger partial charge is 0.325 e. The number of nitrogens with one attached hydrogen (secondary N) is 2. The second-order valence-electron chi connectivity index (χ2n) is 5.65. The maximum Gasteiger partial charge on any atom is 0.325 e. The summed E-state index contributed by atoms with van der Waals surface area (Å²) in [5.74, 6) is 0. The Hall–Kier alpha value is -2.09. The Balaban J connectivity index is 1.66. The minimum absolute atomic E-state index is 0.316. The molecule has 1 aromatic carbocycles. The number of hydrogen-bond donors (Lipinski definition) is 2. The summed E-state index contributed by atoms with van der Waals surface area (Å²) in [7, 11) is 0. The number of nitrogens with zero attached hydrogens (tertiary/aromatic N) is 2. The summed E-state index contributed by atoms with van der Waals surface area (Å²) < 4.78 is 0. The lowest BCUT2D eigenvalue weighted by molar-refractivity contribution is 0.688. The molecule has 1 aliphatic heterocycles. The fraction of sp³-hybridized carbons (Fsp3) is 0.188. The van der Waals surface area contributed by atoms with Gasteiger partial charge in [0.15, 0.2) is 5.13 Å². The van der Waals surface area contributed by atoms with Crippen LogP contribution in [0, 0.1) is 0 Å². The van der Waals surface area contributed by atoms with Crippen LogP contribution in [-0.4, -0.2) is 21.5 Å². The number of aromatic nitrogens is 3. The molecular formula is C16H12Cl2N4O2S. The van der Waals surface area contributed by atoms with Crippen LogP contribution < -0.4 is 16.1 Å². The van der Waals surface area contributed by atoms with Crippen molar-refractivity contribution in [3.63, 3.8) is 0 Å². The summed E-state index contributed by atoms with van der Waals surface area (Å²) >= 11 is 13.8. The van der Waals surface area contributed by atoms with E-state index in [0.29, 0.717) is 40.8 Å². The van der Waals surface area contributed by atoms with Gasteiger partial charge in [0, 0.05) is 28.7 Å². The molecule has 0 spiro atoms. The van der Waals surface area contributed by atoms with Crippen LogP contribution in [0.2, 0.25) is 10.0 Å². The number of halogens is 2. The van der Waals surface area contributed by atoms with E-state index in [4.69, 9.17) is 23.2 Å². The first kappa shape index (κ1) is 16.4. The minimum atomic E-state index is -0.490. The van der Waals surface area contributed by atoms with Gasteiger partial charge in [0.1, 0.15) is 0 Å². The van der Waals surface area contributed by atoms with Crippen molar-refractivity contribution in [1.82, 2.24) is 15.0 Å². The first-order valence-corrected chi connectivity index (χ1v) is 9.15. The summed E-state index contributed by atoms with van der Waals surface area (Å²) in [6.07, 6.45) is 0.550. The number of fused-ring (bicyclic) bond motifs is 1. The van der Waals surface area contributed by atoms with E-state index in [0.717, 1.165) is 16.4 Å². The van der Waals surface area contributed by atoms with Gasteiger partial charge in [0.2, 0.25) is 0 Å². The Morgan fingerprint density at radius 2 is 2.04 bits per heavy atom. The van der Waals surface area contributed by atoms with Crippen LogP contribution in [0.15, 0.2) is 33.2 Å². The number of aromatic amines is 2. The SMILES string of the molecule is O=c1[nH]c2c(c(=O)[nH]1)CCN(c1nc(-c3cccc(Cl)c3Cl)cs1)C2. The van der Waals surface area contributed by atoms with E-state index in [-0.39, 0.29) is 5.56 Å². The third kappa shape index (κ3) is 2.99. The Kier molecular flexibility index (Phi) is 4.15. The summed E-state index contributed by atoms with van der Waals surface area (Å²) in [6.45, 7) is 1.09. The molecule has 25 heavy (non-hydrogen) atoms. The van der Waals surface area contributed by atoms with Gasteiger partial charge in [-0.25, -0.2) is 9.78 Å². The Bertz CT molecular complexity index is 1070. The van der Waals surface area contributed by atoms with Crippen LogP contribution in [0.3, 0.4) is 0 Å². The zero-order chi connectivity index (χ0) is 17.6. The fourth-order valence-corrected chi connectivity index (χ4v) is 4.12. The maximum absolute atomic E-state index is 11.9. The van der Waals surface area contributed by atoms with E-state index in [1.54, 1.807) is 6.07 Å². The number of H-pyrrole nitrogens is 2. The van der Waals surface area contributed by atoms with Crippen molar-refractivity contribution in [3.8, 4) is 11.3 Å². The second-order valence-corrected chi connectivity index (χ2v) is 7.28. The highest BCUT2D eigenvalue weighted by atomic mass is 35.5. The highest BCUT2D eigenvalue weighted by Crippen LogP contribution is 2.36. The van der Waals surface area contributed by atoms with Crippen LogP contribution in [0.5, 0.6) is 0 Å².